The average molecular weight is 263 g/mol. The molecule has 1 atom stereocenters. The van der Waals surface area contributed by atoms with Gasteiger partial charge in [0.1, 0.15) is 12.4 Å². The van der Waals surface area contributed by atoms with Gasteiger partial charge in [0.05, 0.1) is 6.10 Å². The molecule has 4 nitrogen and oxygen atoms in total. The Kier molecular flexibility index (Phi) is 6.09. The number of rotatable bonds is 7. The maximum absolute atomic E-state index is 11.8. The fourth-order valence-corrected chi connectivity index (χ4v) is 1.39. The smallest absolute Gasteiger partial charge is 0.251 e. The van der Waals surface area contributed by atoms with Gasteiger partial charge in [-0.2, -0.15) is 0 Å². The third kappa shape index (κ3) is 5.14. The van der Waals surface area contributed by atoms with Crippen LogP contribution in [0.2, 0.25) is 0 Å². The fraction of sp³-hybridized carbons (Fsp3) is 0.400. The zero-order chi connectivity index (χ0) is 14.3. The molecule has 1 aromatic rings. The lowest BCUT2D eigenvalue weighted by molar-refractivity contribution is 0.0871. The normalized spacial score (nSPS) is 12.0. The highest BCUT2D eigenvalue weighted by Gasteiger charge is 2.11. The number of carbonyl (C=O) groups is 1. The Bertz CT molecular complexity index is 412. The molecule has 4 heteroatoms. The molecule has 1 unspecified atom stereocenters. The summed E-state index contributed by atoms with van der Waals surface area (Å²) in [6.45, 7) is 8.07. The van der Waals surface area contributed by atoms with Crippen LogP contribution in [0.3, 0.4) is 0 Å². The molecule has 0 saturated carbocycles. The minimum atomic E-state index is -0.529. The third-order valence-corrected chi connectivity index (χ3v) is 2.73. The Morgan fingerprint density at radius 1 is 1.42 bits per heavy atom. The van der Waals surface area contributed by atoms with Crippen LogP contribution in [0.1, 0.15) is 24.2 Å². The van der Waals surface area contributed by atoms with Crippen molar-refractivity contribution in [3.8, 4) is 5.75 Å². The monoisotopic (exact) mass is 263 g/mol. The summed E-state index contributed by atoms with van der Waals surface area (Å²) >= 11 is 0. The van der Waals surface area contributed by atoms with E-state index in [0.29, 0.717) is 17.9 Å². The van der Waals surface area contributed by atoms with Crippen LogP contribution in [0.4, 0.5) is 0 Å². The van der Waals surface area contributed by atoms with E-state index in [0.717, 1.165) is 0 Å². The van der Waals surface area contributed by atoms with E-state index in [1.165, 1.54) is 0 Å². The van der Waals surface area contributed by atoms with E-state index in [4.69, 9.17) is 4.74 Å². The van der Waals surface area contributed by atoms with Crippen molar-refractivity contribution in [3.63, 3.8) is 0 Å². The summed E-state index contributed by atoms with van der Waals surface area (Å²) < 4.78 is 5.33. The number of carbonyl (C=O) groups excluding carboxylic acids is 1. The zero-order valence-electron chi connectivity index (χ0n) is 11.4. The molecule has 2 N–H and O–H groups in total. The van der Waals surface area contributed by atoms with E-state index in [9.17, 15) is 9.90 Å². The van der Waals surface area contributed by atoms with E-state index in [1.807, 2.05) is 13.8 Å². The molecule has 1 amide bonds. The van der Waals surface area contributed by atoms with Gasteiger partial charge in [-0.25, -0.2) is 0 Å². The van der Waals surface area contributed by atoms with Gasteiger partial charge >= 0.3 is 0 Å². The van der Waals surface area contributed by atoms with Crippen LogP contribution in [-0.2, 0) is 0 Å². The first-order valence-electron chi connectivity index (χ1n) is 6.34. The van der Waals surface area contributed by atoms with Crippen LogP contribution in [0.25, 0.3) is 0 Å². The Labute approximate surface area is 114 Å². The third-order valence-electron chi connectivity index (χ3n) is 2.73. The zero-order valence-corrected chi connectivity index (χ0v) is 11.4. The molecular formula is C15H21NO3. The van der Waals surface area contributed by atoms with Crippen LogP contribution in [0.15, 0.2) is 36.9 Å². The fourth-order valence-electron chi connectivity index (χ4n) is 1.39. The van der Waals surface area contributed by atoms with Gasteiger partial charge in [-0.3, -0.25) is 4.79 Å². The van der Waals surface area contributed by atoms with Gasteiger partial charge in [-0.1, -0.05) is 26.5 Å². The minimum absolute atomic E-state index is 0.120. The summed E-state index contributed by atoms with van der Waals surface area (Å²) in [4.78, 5) is 11.8. The lowest BCUT2D eigenvalue weighted by Crippen LogP contribution is -2.34. The van der Waals surface area contributed by atoms with Crippen LogP contribution >= 0.6 is 0 Å². The second-order valence-electron chi connectivity index (χ2n) is 4.65. The quantitative estimate of drug-likeness (QED) is 0.740. The van der Waals surface area contributed by atoms with Crippen LogP contribution in [-0.4, -0.2) is 30.3 Å². The first kappa shape index (κ1) is 15.2. The number of benzene rings is 1. The van der Waals surface area contributed by atoms with Crippen molar-refractivity contribution in [3.05, 3.63) is 42.5 Å². The summed E-state index contributed by atoms with van der Waals surface area (Å²) in [5.74, 6) is 0.614. The van der Waals surface area contributed by atoms with Crippen molar-refractivity contribution in [2.45, 2.75) is 20.0 Å². The Hall–Kier alpha value is -1.81. The maximum Gasteiger partial charge on any atom is 0.251 e. The van der Waals surface area contributed by atoms with E-state index < -0.39 is 6.10 Å². The van der Waals surface area contributed by atoms with Gasteiger partial charge in [0.2, 0.25) is 0 Å². The van der Waals surface area contributed by atoms with Crippen LogP contribution < -0.4 is 10.1 Å². The van der Waals surface area contributed by atoms with E-state index >= 15 is 0 Å². The standard InChI is InChI=1S/C15H21NO3/c1-4-9-19-13-7-5-12(6-8-13)15(18)16-10-14(17)11(2)3/h4-8,11,14,17H,1,9-10H2,2-3H3,(H,16,18). The van der Waals surface area contributed by atoms with Crippen molar-refractivity contribution in [1.82, 2.24) is 5.32 Å². The van der Waals surface area contributed by atoms with Gasteiger partial charge in [-0.05, 0) is 30.2 Å². The number of aliphatic hydroxyl groups excluding tert-OH is 1. The summed E-state index contributed by atoms with van der Waals surface area (Å²) in [5, 5.41) is 12.3. The second kappa shape index (κ2) is 7.59. The molecule has 0 saturated heterocycles. The molecule has 0 spiro atoms. The lowest BCUT2D eigenvalue weighted by atomic mass is 10.1. The number of nitrogens with one attached hydrogen (secondary N) is 1. The number of aliphatic hydroxyl groups is 1. The minimum Gasteiger partial charge on any atom is -0.490 e. The summed E-state index contributed by atoms with van der Waals surface area (Å²) in [7, 11) is 0. The van der Waals surface area contributed by atoms with Crippen molar-refractivity contribution in [2.75, 3.05) is 13.2 Å². The largest absolute Gasteiger partial charge is 0.490 e. The predicted molar refractivity (Wildman–Crippen MR) is 75.3 cm³/mol. The van der Waals surface area contributed by atoms with Gasteiger partial charge in [0.25, 0.3) is 5.91 Å². The molecule has 0 aliphatic heterocycles. The highest BCUT2D eigenvalue weighted by atomic mass is 16.5. The maximum atomic E-state index is 11.8. The highest BCUT2D eigenvalue weighted by Crippen LogP contribution is 2.12. The summed E-state index contributed by atoms with van der Waals surface area (Å²) in [6.07, 6.45) is 1.13. The first-order chi connectivity index (χ1) is 9.04. The number of hydrogen-bond donors (Lipinski definition) is 2. The first-order valence-corrected chi connectivity index (χ1v) is 6.34. The second-order valence-corrected chi connectivity index (χ2v) is 4.65. The molecular weight excluding hydrogens is 242 g/mol. The van der Waals surface area contributed by atoms with Crippen LogP contribution in [0.5, 0.6) is 5.75 Å². The molecule has 19 heavy (non-hydrogen) atoms. The lowest BCUT2D eigenvalue weighted by Gasteiger charge is -2.15. The number of hydrogen-bond acceptors (Lipinski definition) is 3. The Morgan fingerprint density at radius 3 is 2.58 bits per heavy atom. The SMILES string of the molecule is C=CCOc1ccc(C(=O)NCC(O)C(C)C)cc1. The molecule has 0 bridgehead atoms. The van der Waals surface area contributed by atoms with Crippen molar-refractivity contribution < 1.29 is 14.6 Å². The van der Waals surface area contributed by atoms with Gasteiger partial charge < -0.3 is 15.2 Å². The summed E-state index contributed by atoms with van der Waals surface area (Å²) in [6, 6.07) is 6.85. The van der Waals surface area contributed by atoms with E-state index in [1.54, 1.807) is 30.3 Å². The molecule has 0 aliphatic rings. The Balaban J connectivity index is 2.51. The molecule has 0 fully saturated rings. The summed E-state index contributed by atoms with van der Waals surface area (Å²) in [5.41, 5.74) is 0.543. The average Bonchev–Trinajstić information content (AvgIpc) is 2.42. The van der Waals surface area contributed by atoms with Crippen molar-refractivity contribution in [2.24, 2.45) is 5.92 Å². The molecule has 1 aromatic carbocycles. The van der Waals surface area contributed by atoms with E-state index in [-0.39, 0.29) is 18.4 Å². The van der Waals surface area contributed by atoms with Crippen LogP contribution in [0, 0.1) is 5.92 Å². The van der Waals surface area contributed by atoms with Gasteiger partial charge in [-0.15, -0.1) is 0 Å². The molecule has 0 aliphatic carbocycles. The Morgan fingerprint density at radius 2 is 2.05 bits per heavy atom. The molecule has 1 rings (SSSR count). The van der Waals surface area contributed by atoms with Crippen molar-refractivity contribution >= 4 is 5.91 Å². The molecule has 0 aromatic heterocycles. The topological polar surface area (TPSA) is 58.6 Å². The predicted octanol–water partition coefficient (Wildman–Crippen LogP) is 2.00. The highest BCUT2D eigenvalue weighted by molar-refractivity contribution is 5.94. The molecule has 104 valence electrons. The number of ether oxygens (including phenoxy) is 1. The van der Waals surface area contributed by atoms with Gasteiger partial charge in [0.15, 0.2) is 0 Å². The molecule has 0 heterocycles. The van der Waals surface area contributed by atoms with E-state index in [2.05, 4.69) is 11.9 Å². The van der Waals surface area contributed by atoms with Crippen molar-refractivity contribution in [1.29, 1.82) is 0 Å². The number of amides is 1. The van der Waals surface area contributed by atoms with Gasteiger partial charge in [0, 0.05) is 12.1 Å². The molecule has 0 radical (unpaired) electrons.